The van der Waals surface area contributed by atoms with Gasteiger partial charge < -0.3 is 15.6 Å². The van der Waals surface area contributed by atoms with Crippen molar-refractivity contribution in [1.82, 2.24) is 15.0 Å². The second kappa shape index (κ2) is 7.31. The van der Waals surface area contributed by atoms with E-state index in [2.05, 4.69) is 63.7 Å². The largest absolute Gasteiger partial charge is 0.371 e. The molecule has 0 bridgehead atoms. The molecule has 3 N–H and O–H groups in total. The first kappa shape index (κ1) is 18.0. The molecular weight excluding hydrogens is 353 g/mol. The third-order valence-corrected chi connectivity index (χ3v) is 4.87. The first-order chi connectivity index (χ1) is 13.6. The summed E-state index contributed by atoms with van der Waals surface area (Å²) in [5, 5.41) is 7.13. The summed E-state index contributed by atoms with van der Waals surface area (Å²) < 4.78 is 13.6. The molecular formula is C22H22FN5. The molecule has 5 nitrogen and oxygen atoms in total. The SMILES string of the molecule is CNc1nc(NCc2cc(C)cc3c(C)c(-c4ccccc4)[nH]c23)ncc1F. The molecule has 28 heavy (non-hydrogen) atoms. The summed E-state index contributed by atoms with van der Waals surface area (Å²) in [7, 11) is 1.63. The van der Waals surface area contributed by atoms with Crippen molar-refractivity contribution in [2.75, 3.05) is 17.7 Å². The maximum absolute atomic E-state index is 13.6. The van der Waals surface area contributed by atoms with Gasteiger partial charge in [-0.05, 0) is 36.6 Å². The van der Waals surface area contributed by atoms with E-state index in [-0.39, 0.29) is 5.82 Å². The minimum absolute atomic E-state index is 0.175. The van der Waals surface area contributed by atoms with Gasteiger partial charge in [0.2, 0.25) is 5.95 Å². The first-order valence-corrected chi connectivity index (χ1v) is 9.18. The van der Waals surface area contributed by atoms with Crippen molar-refractivity contribution in [3.8, 4) is 11.3 Å². The van der Waals surface area contributed by atoms with Crippen molar-refractivity contribution in [1.29, 1.82) is 0 Å². The number of aryl methyl sites for hydroxylation is 2. The lowest BCUT2D eigenvalue weighted by atomic mass is 10.0. The Balaban J connectivity index is 1.71. The van der Waals surface area contributed by atoms with Crippen molar-refractivity contribution in [3.63, 3.8) is 0 Å². The smallest absolute Gasteiger partial charge is 0.225 e. The Morgan fingerprint density at radius 1 is 1.11 bits per heavy atom. The minimum Gasteiger partial charge on any atom is -0.371 e. The Labute approximate surface area is 163 Å². The zero-order valence-corrected chi connectivity index (χ0v) is 16.1. The molecule has 0 atom stereocenters. The summed E-state index contributed by atoms with van der Waals surface area (Å²) >= 11 is 0. The number of rotatable bonds is 5. The number of benzene rings is 2. The predicted molar refractivity (Wildman–Crippen MR) is 112 cm³/mol. The van der Waals surface area contributed by atoms with Crippen LogP contribution in [0.3, 0.4) is 0 Å². The van der Waals surface area contributed by atoms with Gasteiger partial charge in [-0.15, -0.1) is 0 Å². The van der Waals surface area contributed by atoms with Crippen LogP contribution in [0.5, 0.6) is 0 Å². The Morgan fingerprint density at radius 2 is 1.89 bits per heavy atom. The summed E-state index contributed by atoms with van der Waals surface area (Å²) in [5.74, 6) is 0.0828. The third-order valence-electron chi connectivity index (χ3n) is 4.87. The van der Waals surface area contributed by atoms with E-state index in [0.29, 0.717) is 12.5 Å². The van der Waals surface area contributed by atoms with Crippen LogP contribution in [0.15, 0.2) is 48.7 Å². The number of hydrogen-bond donors (Lipinski definition) is 3. The van der Waals surface area contributed by atoms with Crippen LogP contribution < -0.4 is 10.6 Å². The lowest BCUT2D eigenvalue weighted by Gasteiger charge is -2.09. The highest BCUT2D eigenvalue weighted by atomic mass is 19.1. The van der Waals surface area contributed by atoms with E-state index in [1.165, 1.54) is 22.7 Å². The number of nitrogens with one attached hydrogen (secondary N) is 3. The molecule has 0 aliphatic heterocycles. The molecule has 4 aromatic rings. The molecule has 0 aliphatic carbocycles. The average Bonchev–Trinajstić information content (AvgIpc) is 3.04. The summed E-state index contributed by atoms with van der Waals surface area (Å²) in [4.78, 5) is 11.8. The second-order valence-corrected chi connectivity index (χ2v) is 6.83. The van der Waals surface area contributed by atoms with E-state index in [1.54, 1.807) is 7.05 Å². The van der Waals surface area contributed by atoms with Gasteiger partial charge in [0.1, 0.15) is 0 Å². The molecule has 0 fully saturated rings. The molecule has 4 rings (SSSR count). The highest BCUT2D eigenvalue weighted by Crippen LogP contribution is 2.32. The maximum atomic E-state index is 13.6. The number of aromatic amines is 1. The normalized spacial score (nSPS) is 11.0. The number of nitrogens with zero attached hydrogens (tertiary/aromatic N) is 2. The topological polar surface area (TPSA) is 65.6 Å². The van der Waals surface area contributed by atoms with Gasteiger partial charge in [-0.25, -0.2) is 9.37 Å². The number of H-pyrrole nitrogens is 1. The van der Waals surface area contributed by atoms with Gasteiger partial charge in [-0.2, -0.15) is 4.98 Å². The number of anilines is 2. The zero-order valence-electron chi connectivity index (χ0n) is 16.1. The fourth-order valence-corrected chi connectivity index (χ4v) is 3.49. The Kier molecular flexibility index (Phi) is 4.69. The van der Waals surface area contributed by atoms with Crippen LogP contribution in [-0.2, 0) is 6.54 Å². The molecule has 6 heteroatoms. The number of hydrogen-bond acceptors (Lipinski definition) is 4. The maximum Gasteiger partial charge on any atom is 0.225 e. The molecule has 2 heterocycles. The number of fused-ring (bicyclic) bond motifs is 1. The van der Waals surface area contributed by atoms with E-state index >= 15 is 0 Å². The summed E-state index contributed by atoms with van der Waals surface area (Å²) in [6.07, 6.45) is 1.17. The van der Waals surface area contributed by atoms with Crippen LogP contribution in [-0.4, -0.2) is 22.0 Å². The Hall–Kier alpha value is -3.41. The minimum atomic E-state index is -0.474. The molecule has 0 radical (unpaired) electrons. The van der Waals surface area contributed by atoms with Gasteiger partial charge in [0.15, 0.2) is 11.6 Å². The van der Waals surface area contributed by atoms with Gasteiger partial charge in [-0.3, -0.25) is 0 Å². The Morgan fingerprint density at radius 3 is 2.64 bits per heavy atom. The van der Waals surface area contributed by atoms with Crippen molar-refractivity contribution >= 4 is 22.7 Å². The highest BCUT2D eigenvalue weighted by molar-refractivity contribution is 5.93. The molecule has 0 aliphatic rings. The van der Waals surface area contributed by atoms with E-state index in [4.69, 9.17) is 0 Å². The van der Waals surface area contributed by atoms with Crippen LogP contribution >= 0.6 is 0 Å². The van der Waals surface area contributed by atoms with Gasteiger partial charge in [0.25, 0.3) is 0 Å². The van der Waals surface area contributed by atoms with Crippen LogP contribution in [0.25, 0.3) is 22.2 Å². The van der Waals surface area contributed by atoms with Crippen LogP contribution in [0.1, 0.15) is 16.7 Å². The first-order valence-electron chi connectivity index (χ1n) is 9.18. The third kappa shape index (κ3) is 3.29. The average molecular weight is 375 g/mol. The highest BCUT2D eigenvalue weighted by Gasteiger charge is 2.13. The van der Waals surface area contributed by atoms with Gasteiger partial charge in [-0.1, -0.05) is 42.0 Å². The standard InChI is InChI=1S/C22H22FN5/c1-13-9-16(11-25-22-26-12-18(23)21(24-3)28-22)20-17(10-13)14(2)19(27-20)15-7-5-4-6-8-15/h4-10,12,27H,11H2,1-3H3,(H2,24,25,26,28). The monoisotopic (exact) mass is 375 g/mol. The van der Waals surface area contributed by atoms with Crippen LogP contribution in [0, 0.1) is 19.7 Å². The predicted octanol–water partition coefficient (Wildman–Crippen LogP) is 5.03. The molecule has 0 amide bonds. The fourth-order valence-electron chi connectivity index (χ4n) is 3.49. The fraction of sp³-hybridized carbons (Fsp3) is 0.182. The van der Waals surface area contributed by atoms with Crippen molar-refractivity contribution in [3.05, 3.63) is 71.2 Å². The number of aromatic nitrogens is 3. The molecule has 0 saturated carbocycles. The van der Waals surface area contributed by atoms with E-state index in [1.807, 2.05) is 18.2 Å². The lowest BCUT2D eigenvalue weighted by molar-refractivity contribution is 0.618. The van der Waals surface area contributed by atoms with Crippen molar-refractivity contribution in [2.24, 2.45) is 0 Å². The van der Waals surface area contributed by atoms with Gasteiger partial charge >= 0.3 is 0 Å². The van der Waals surface area contributed by atoms with E-state index in [0.717, 1.165) is 22.3 Å². The summed E-state index contributed by atoms with van der Waals surface area (Å²) in [6.45, 7) is 4.76. The number of halogens is 1. The van der Waals surface area contributed by atoms with E-state index < -0.39 is 5.82 Å². The van der Waals surface area contributed by atoms with Gasteiger partial charge in [0, 0.05) is 24.7 Å². The van der Waals surface area contributed by atoms with Crippen LogP contribution in [0.4, 0.5) is 16.2 Å². The second-order valence-electron chi connectivity index (χ2n) is 6.83. The lowest BCUT2D eigenvalue weighted by Crippen LogP contribution is -2.07. The molecule has 0 spiro atoms. The van der Waals surface area contributed by atoms with Crippen LogP contribution in [0.2, 0.25) is 0 Å². The molecule has 0 saturated heterocycles. The van der Waals surface area contributed by atoms with Crippen molar-refractivity contribution in [2.45, 2.75) is 20.4 Å². The zero-order chi connectivity index (χ0) is 19.7. The Bertz CT molecular complexity index is 1130. The molecule has 142 valence electrons. The molecule has 0 unspecified atom stereocenters. The molecule has 2 aromatic heterocycles. The quantitative estimate of drug-likeness (QED) is 0.457. The summed E-state index contributed by atoms with van der Waals surface area (Å²) in [5.41, 5.74) is 6.89. The van der Waals surface area contributed by atoms with Gasteiger partial charge in [0.05, 0.1) is 11.7 Å². The van der Waals surface area contributed by atoms with Crippen molar-refractivity contribution < 1.29 is 4.39 Å². The summed E-state index contributed by atoms with van der Waals surface area (Å²) in [6, 6.07) is 14.6. The van der Waals surface area contributed by atoms with E-state index in [9.17, 15) is 4.39 Å². The molecule has 2 aromatic carbocycles.